The zero-order valence-corrected chi connectivity index (χ0v) is 21.9. The lowest BCUT2D eigenvalue weighted by molar-refractivity contribution is 0.0946. The first-order valence-electron chi connectivity index (χ1n) is 11.4. The van der Waals surface area contributed by atoms with Crippen molar-refractivity contribution in [1.29, 1.82) is 0 Å². The number of aryl methyl sites for hydroxylation is 2. The van der Waals surface area contributed by atoms with E-state index in [1.165, 1.54) is 21.1 Å². The van der Waals surface area contributed by atoms with Crippen molar-refractivity contribution < 1.29 is 22.3 Å². The summed E-state index contributed by atoms with van der Waals surface area (Å²) in [6.45, 7) is 5.24. The van der Waals surface area contributed by atoms with E-state index in [1.54, 1.807) is 16.7 Å². The van der Waals surface area contributed by atoms with E-state index in [9.17, 15) is 12.8 Å². The quantitative estimate of drug-likeness (QED) is 0.322. The molecule has 0 aliphatic carbocycles. The van der Waals surface area contributed by atoms with E-state index in [-0.39, 0.29) is 11.6 Å². The number of para-hydroxylation sites is 1. The molecule has 0 fully saturated rings. The SMILES string of the molecule is COc1cccc(C)c1-n1c(CS(=O)(=O)[C@@H](C)[C@H](OC)c2ncc(F)cn2)nnc1-c1cccc(C)n1. The van der Waals surface area contributed by atoms with E-state index in [1.807, 2.05) is 38.1 Å². The maximum absolute atomic E-state index is 13.6. The molecule has 12 heteroatoms. The number of pyridine rings is 1. The molecule has 3 heterocycles. The predicted molar refractivity (Wildman–Crippen MR) is 134 cm³/mol. The van der Waals surface area contributed by atoms with Gasteiger partial charge in [-0.25, -0.2) is 27.8 Å². The minimum atomic E-state index is -3.91. The molecule has 3 aromatic heterocycles. The molecular formula is C25H27FN6O4S. The second kappa shape index (κ2) is 10.7. The van der Waals surface area contributed by atoms with Crippen LogP contribution in [0.1, 0.15) is 35.9 Å². The van der Waals surface area contributed by atoms with Crippen LogP contribution in [0.4, 0.5) is 4.39 Å². The standard InChI is InChI=1S/C25H27FN6O4S/c1-15-8-6-11-20(35-4)22(15)32-21(30-31-25(32)19-10-7-9-16(2)29-19)14-37(33,34)17(3)23(36-5)24-27-12-18(26)13-28-24/h6-13,17,23H,14H2,1-5H3/t17-,23-/m0/s1. The summed E-state index contributed by atoms with van der Waals surface area (Å²) in [6, 6.07) is 11.0. The van der Waals surface area contributed by atoms with Crippen molar-refractivity contribution in [2.45, 2.75) is 37.9 Å². The number of halogens is 1. The monoisotopic (exact) mass is 526 g/mol. The van der Waals surface area contributed by atoms with E-state index in [0.29, 0.717) is 23.0 Å². The number of nitrogens with zero attached hydrogens (tertiary/aromatic N) is 6. The Morgan fingerprint density at radius 3 is 2.38 bits per heavy atom. The summed E-state index contributed by atoms with van der Waals surface area (Å²) in [7, 11) is -1.01. The van der Waals surface area contributed by atoms with Gasteiger partial charge in [0.25, 0.3) is 0 Å². The van der Waals surface area contributed by atoms with Gasteiger partial charge in [0, 0.05) is 12.8 Å². The summed E-state index contributed by atoms with van der Waals surface area (Å²) in [5.74, 6) is 0.0334. The first-order chi connectivity index (χ1) is 17.7. The summed E-state index contributed by atoms with van der Waals surface area (Å²) < 4.78 is 53.3. The molecule has 0 bridgehead atoms. The molecule has 37 heavy (non-hydrogen) atoms. The van der Waals surface area contributed by atoms with Crippen molar-refractivity contribution in [3.05, 3.63) is 77.5 Å². The van der Waals surface area contributed by atoms with E-state index >= 15 is 0 Å². The smallest absolute Gasteiger partial charge is 0.187 e. The maximum Gasteiger partial charge on any atom is 0.187 e. The summed E-state index contributed by atoms with van der Waals surface area (Å²) >= 11 is 0. The second-order valence-electron chi connectivity index (χ2n) is 8.49. The molecule has 194 valence electrons. The number of methoxy groups -OCH3 is 2. The topological polar surface area (TPSA) is 122 Å². The Morgan fingerprint density at radius 2 is 1.73 bits per heavy atom. The van der Waals surface area contributed by atoms with E-state index in [2.05, 4.69) is 25.1 Å². The van der Waals surface area contributed by atoms with Gasteiger partial charge in [-0.1, -0.05) is 18.2 Å². The van der Waals surface area contributed by atoms with Crippen LogP contribution in [0.15, 0.2) is 48.8 Å². The highest BCUT2D eigenvalue weighted by Crippen LogP contribution is 2.33. The molecule has 0 saturated heterocycles. The molecule has 4 aromatic rings. The number of hydrogen-bond donors (Lipinski definition) is 0. The van der Waals surface area contributed by atoms with Gasteiger partial charge in [-0.15, -0.1) is 10.2 Å². The Balaban J connectivity index is 1.82. The van der Waals surface area contributed by atoms with Crippen molar-refractivity contribution in [3.8, 4) is 23.0 Å². The molecule has 0 N–H and O–H groups in total. The second-order valence-corrected chi connectivity index (χ2v) is 10.9. The molecular weight excluding hydrogens is 499 g/mol. The molecule has 10 nitrogen and oxygen atoms in total. The molecule has 0 unspecified atom stereocenters. The fourth-order valence-electron chi connectivity index (χ4n) is 4.04. The van der Waals surface area contributed by atoms with Crippen LogP contribution in [0.25, 0.3) is 17.2 Å². The van der Waals surface area contributed by atoms with Crippen LogP contribution in [-0.4, -0.2) is 57.6 Å². The van der Waals surface area contributed by atoms with Gasteiger partial charge in [-0.3, -0.25) is 4.57 Å². The Kier molecular flexibility index (Phi) is 7.60. The third kappa shape index (κ3) is 5.35. The minimum Gasteiger partial charge on any atom is -0.495 e. The van der Waals surface area contributed by atoms with Crippen LogP contribution < -0.4 is 4.74 Å². The van der Waals surface area contributed by atoms with Gasteiger partial charge >= 0.3 is 0 Å². The molecule has 0 aliphatic heterocycles. The summed E-state index contributed by atoms with van der Waals surface area (Å²) in [4.78, 5) is 12.4. The third-order valence-electron chi connectivity index (χ3n) is 5.96. The van der Waals surface area contributed by atoms with Crippen LogP contribution in [0.2, 0.25) is 0 Å². The highest BCUT2D eigenvalue weighted by atomic mass is 32.2. The number of ether oxygens (including phenoxy) is 2. The lowest BCUT2D eigenvalue weighted by Crippen LogP contribution is -2.30. The normalized spacial score (nSPS) is 13.4. The average molecular weight is 527 g/mol. The minimum absolute atomic E-state index is 0.0617. The van der Waals surface area contributed by atoms with Gasteiger partial charge in [0.2, 0.25) is 0 Å². The zero-order valence-electron chi connectivity index (χ0n) is 21.1. The average Bonchev–Trinajstić information content (AvgIpc) is 3.27. The molecule has 1 aromatic carbocycles. The molecule has 4 rings (SSSR count). The van der Waals surface area contributed by atoms with Crippen molar-refractivity contribution in [3.63, 3.8) is 0 Å². The highest BCUT2D eigenvalue weighted by molar-refractivity contribution is 7.91. The molecule has 0 saturated carbocycles. The Hall–Kier alpha value is -3.77. The number of sulfone groups is 1. The number of rotatable bonds is 9. The van der Waals surface area contributed by atoms with Gasteiger partial charge in [0.05, 0.1) is 30.4 Å². The van der Waals surface area contributed by atoms with Gasteiger partial charge < -0.3 is 9.47 Å². The largest absolute Gasteiger partial charge is 0.495 e. The van der Waals surface area contributed by atoms with E-state index in [4.69, 9.17) is 9.47 Å². The van der Waals surface area contributed by atoms with Crippen molar-refractivity contribution >= 4 is 9.84 Å². The summed E-state index contributed by atoms with van der Waals surface area (Å²) in [5.41, 5.74) is 2.74. The maximum atomic E-state index is 13.6. The van der Waals surface area contributed by atoms with Crippen molar-refractivity contribution in [1.82, 2.24) is 29.7 Å². The van der Waals surface area contributed by atoms with E-state index in [0.717, 1.165) is 23.7 Å². The summed E-state index contributed by atoms with van der Waals surface area (Å²) in [6.07, 6.45) is 0.916. The highest BCUT2D eigenvalue weighted by Gasteiger charge is 2.35. The predicted octanol–water partition coefficient (Wildman–Crippen LogP) is 3.57. The molecule has 0 radical (unpaired) electrons. The Labute approximate surface area is 214 Å². The Bertz CT molecular complexity index is 1510. The van der Waals surface area contributed by atoms with Gasteiger partial charge in [-0.05, 0) is 44.5 Å². The fourth-order valence-corrected chi connectivity index (χ4v) is 5.46. The van der Waals surface area contributed by atoms with Crippen LogP contribution in [0, 0.1) is 19.7 Å². The number of benzene rings is 1. The Morgan fingerprint density at radius 1 is 1.03 bits per heavy atom. The van der Waals surface area contributed by atoms with E-state index < -0.39 is 32.8 Å². The molecule has 0 aliphatic rings. The lowest BCUT2D eigenvalue weighted by atomic mass is 10.1. The number of hydrogen-bond acceptors (Lipinski definition) is 9. The molecule has 2 atom stereocenters. The fraction of sp³-hybridized carbons (Fsp3) is 0.320. The first-order valence-corrected chi connectivity index (χ1v) is 13.1. The van der Waals surface area contributed by atoms with Crippen LogP contribution in [0.3, 0.4) is 0 Å². The number of aromatic nitrogens is 6. The lowest BCUT2D eigenvalue weighted by Gasteiger charge is -2.22. The molecule has 0 amide bonds. The van der Waals surface area contributed by atoms with Gasteiger partial charge in [-0.2, -0.15) is 0 Å². The van der Waals surface area contributed by atoms with Crippen LogP contribution in [-0.2, 0) is 20.3 Å². The first kappa shape index (κ1) is 26.3. The van der Waals surface area contributed by atoms with Crippen LogP contribution >= 0.6 is 0 Å². The van der Waals surface area contributed by atoms with Gasteiger partial charge in [0.1, 0.15) is 23.3 Å². The molecule has 0 spiro atoms. The summed E-state index contributed by atoms with van der Waals surface area (Å²) in [5, 5.41) is 7.52. The van der Waals surface area contributed by atoms with Crippen LogP contribution in [0.5, 0.6) is 5.75 Å². The van der Waals surface area contributed by atoms with Crippen molar-refractivity contribution in [2.24, 2.45) is 0 Å². The third-order valence-corrected chi connectivity index (χ3v) is 8.00. The zero-order chi connectivity index (χ0) is 26.7. The van der Waals surface area contributed by atoms with Gasteiger partial charge in [0.15, 0.2) is 33.1 Å². The van der Waals surface area contributed by atoms with Crippen molar-refractivity contribution in [2.75, 3.05) is 14.2 Å².